The van der Waals surface area contributed by atoms with Crippen molar-refractivity contribution in [3.05, 3.63) is 107 Å². The van der Waals surface area contributed by atoms with Crippen LogP contribution in [0.5, 0.6) is 0 Å². The molecule has 2 amide bonds. The number of rotatable bonds is 10. The Morgan fingerprint density at radius 3 is 2.15 bits per heavy atom. The number of hydrogen-bond donors (Lipinski definition) is 0. The Kier molecular flexibility index (Phi) is 12.0. The van der Waals surface area contributed by atoms with E-state index in [1.54, 1.807) is 0 Å². The van der Waals surface area contributed by atoms with E-state index >= 15 is 0 Å². The van der Waals surface area contributed by atoms with Crippen LogP contribution in [-0.4, -0.2) is 54.0 Å². The van der Waals surface area contributed by atoms with Gasteiger partial charge in [-0.05, 0) is 74.8 Å². The Morgan fingerprint density at radius 1 is 0.830 bits per heavy atom. The molecule has 0 aromatic heterocycles. The molecule has 0 radical (unpaired) electrons. The van der Waals surface area contributed by atoms with E-state index in [4.69, 9.17) is 4.84 Å². The molecule has 7 nitrogen and oxygen atoms in total. The van der Waals surface area contributed by atoms with Crippen LogP contribution in [0.3, 0.4) is 0 Å². The molecular weight excluding hydrogens is 685 g/mol. The predicted octanol–water partition coefficient (Wildman–Crippen LogP) is 9.43. The molecule has 0 unspecified atom stereocenters. The largest absolute Gasteiger partial charge is 0.673 e. The minimum absolute atomic E-state index is 0.0372. The van der Waals surface area contributed by atoms with E-state index in [2.05, 4.69) is 123 Å². The van der Waals surface area contributed by atoms with Gasteiger partial charge in [-0.3, -0.25) is 9.59 Å². The molecule has 53 heavy (non-hydrogen) atoms. The van der Waals surface area contributed by atoms with Crippen LogP contribution in [-0.2, 0) is 30.1 Å². The lowest BCUT2D eigenvalue weighted by Gasteiger charge is -2.27. The van der Waals surface area contributed by atoms with E-state index in [1.807, 2.05) is 0 Å². The molecule has 1 aliphatic carbocycles. The molecule has 2 aromatic carbocycles. The van der Waals surface area contributed by atoms with E-state index in [0.717, 1.165) is 38.6 Å². The Bertz CT molecular complexity index is 1890. The maximum absolute atomic E-state index is 12.3. The van der Waals surface area contributed by atoms with Gasteiger partial charge < -0.3 is 27.0 Å². The Hall–Kier alpha value is -4.74. The number of amides is 2. The van der Waals surface area contributed by atoms with Gasteiger partial charge in [0.2, 0.25) is 5.69 Å². The van der Waals surface area contributed by atoms with Gasteiger partial charge in [0.25, 0.3) is 11.8 Å². The van der Waals surface area contributed by atoms with Crippen molar-refractivity contribution in [2.24, 2.45) is 0 Å². The predicted molar refractivity (Wildman–Crippen MR) is 200 cm³/mol. The topological polar surface area (TPSA) is 69.9 Å². The highest BCUT2D eigenvalue weighted by atomic mass is 19.5. The molecule has 3 heterocycles. The van der Waals surface area contributed by atoms with Crippen molar-refractivity contribution in [3.63, 3.8) is 0 Å². The van der Waals surface area contributed by atoms with Crippen LogP contribution in [0.15, 0.2) is 95.8 Å². The number of imide groups is 1. The molecule has 282 valence electrons. The molecule has 12 heteroatoms. The van der Waals surface area contributed by atoms with Crippen molar-refractivity contribution < 1.29 is 41.1 Å². The number of carbonyl (C=O) groups excluding carboxylic acids is 3. The number of nitrogens with zero attached hydrogens (tertiary/aromatic N) is 3. The molecule has 0 atom stereocenters. The summed E-state index contributed by atoms with van der Waals surface area (Å²) in [5, 5.41) is 0.630. The first-order valence-corrected chi connectivity index (χ1v) is 18.3. The number of fused-ring (bicyclic) bond motifs is 2. The van der Waals surface area contributed by atoms with Crippen molar-refractivity contribution in [1.29, 1.82) is 0 Å². The number of allylic oxidation sites excluding steroid dienone is 8. The second-order valence-corrected chi connectivity index (χ2v) is 14.9. The first-order chi connectivity index (χ1) is 25.0. The van der Waals surface area contributed by atoms with E-state index in [0.29, 0.717) is 11.5 Å². The Balaban J connectivity index is 0.00000101. The Morgan fingerprint density at radius 2 is 1.47 bits per heavy atom. The Labute approximate surface area is 309 Å². The van der Waals surface area contributed by atoms with Crippen molar-refractivity contribution in [2.45, 2.75) is 96.3 Å². The molecule has 3 aliphatic heterocycles. The highest BCUT2D eigenvalue weighted by molar-refractivity contribution is 6.50. The van der Waals surface area contributed by atoms with Gasteiger partial charge in [0.15, 0.2) is 5.71 Å². The molecule has 2 aromatic rings. The summed E-state index contributed by atoms with van der Waals surface area (Å²) in [6.45, 7) is 10.1. The number of benzene rings is 2. The number of carbonyl (C=O) groups is 3. The summed E-state index contributed by atoms with van der Waals surface area (Å²) in [4.78, 5) is 43.2. The van der Waals surface area contributed by atoms with Gasteiger partial charge in [0.05, 0.1) is 5.41 Å². The van der Waals surface area contributed by atoms with E-state index in [-0.39, 0.29) is 30.1 Å². The zero-order valence-corrected chi connectivity index (χ0v) is 31.1. The SMILES string of the molecule is C[N+]1=C(/C=C/C2=CC(=C\C=C3/N(CCCCCC(=O)ON4C(=O)CCC4=O)c4ccccc4C3(C)C)/CCC2)C(C)(C)c2ccccc21.F[B-](F)(F)F. The van der Waals surface area contributed by atoms with Gasteiger partial charge in [0, 0.05) is 60.3 Å². The third-order valence-corrected chi connectivity index (χ3v) is 10.4. The summed E-state index contributed by atoms with van der Waals surface area (Å²) in [5.74, 6) is -1.42. The van der Waals surface area contributed by atoms with Gasteiger partial charge in [-0.1, -0.05) is 74.9 Å². The van der Waals surface area contributed by atoms with Crippen molar-refractivity contribution >= 4 is 42.1 Å². The third kappa shape index (κ3) is 9.26. The van der Waals surface area contributed by atoms with Crippen molar-refractivity contribution in [3.8, 4) is 0 Å². The van der Waals surface area contributed by atoms with Crippen molar-refractivity contribution in [2.75, 3.05) is 18.5 Å². The first-order valence-electron chi connectivity index (χ1n) is 18.3. The summed E-state index contributed by atoms with van der Waals surface area (Å²) >= 11 is 0. The molecule has 0 spiro atoms. The first kappa shape index (κ1) is 39.5. The average Bonchev–Trinajstić information content (AvgIpc) is 3.60. The summed E-state index contributed by atoms with van der Waals surface area (Å²) in [6, 6.07) is 17.3. The van der Waals surface area contributed by atoms with Crippen LogP contribution in [0.4, 0.5) is 28.6 Å². The lowest BCUT2D eigenvalue weighted by Crippen LogP contribution is -2.32. The lowest BCUT2D eigenvalue weighted by atomic mass is 9.81. The molecule has 0 N–H and O–H groups in total. The van der Waals surface area contributed by atoms with Crippen LogP contribution >= 0.6 is 0 Å². The van der Waals surface area contributed by atoms with Gasteiger partial charge in [0.1, 0.15) is 7.05 Å². The second kappa shape index (κ2) is 16.1. The molecule has 4 aliphatic rings. The van der Waals surface area contributed by atoms with Crippen LogP contribution < -0.4 is 4.90 Å². The minimum atomic E-state index is -6.00. The fraction of sp³-hybridized carbons (Fsp3) is 0.415. The lowest BCUT2D eigenvalue weighted by molar-refractivity contribution is -0.401. The van der Waals surface area contributed by atoms with Gasteiger partial charge >= 0.3 is 13.2 Å². The highest BCUT2D eigenvalue weighted by Gasteiger charge is 2.43. The van der Waals surface area contributed by atoms with E-state index in [9.17, 15) is 31.6 Å². The highest BCUT2D eigenvalue weighted by Crippen LogP contribution is 2.48. The number of anilines is 1. The summed E-state index contributed by atoms with van der Waals surface area (Å²) in [7, 11) is -3.83. The van der Waals surface area contributed by atoms with E-state index in [1.165, 1.54) is 45.1 Å². The fourth-order valence-electron chi connectivity index (χ4n) is 7.72. The quantitative estimate of drug-likeness (QED) is 0.0801. The maximum Gasteiger partial charge on any atom is 0.673 e. The van der Waals surface area contributed by atoms with Crippen molar-refractivity contribution in [1.82, 2.24) is 5.06 Å². The minimum Gasteiger partial charge on any atom is -0.418 e. The standard InChI is InChI=1S/C41H48N3O4.BF4/c1-40(2)31-16-8-10-18-33(31)42(5)35(40)23-21-29-14-13-15-30(28-29)22-24-36-41(3,4)32-17-9-11-19-34(32)43(36)27-12-6-7-20-39(47)48-44-37(45)25-26-38(44)46;2-1(3,4)5/h8-11,16-19,21-24,28H,6-7,12-15,20,25-27H2,1-5H3;/q+1;-1. The monoisotopic (exact) mass is 733 g/mol. The molecule has 6 rings (SSSR count). The summed E-state index contributed by atoms with van der Waals surface area (Å²) < 4.78 is 41.3. The third-order valence-electron chi connectivity index (χ3n) is 10.4. The summed E-state index contributed by atoms with van der Waals surface area (Å²) in [5.41, 5.74) is 10.3. The number of halogens is 4. The van der Waals surface area contributed by atoms with Crippen LogP contribution in [0, 0.1) is 0 Å². The molecular formula is C41H48BF4N3O4. The zero-order chi connectivity index (χ0) is 38.6. The van der Waals surface area contributed by atoms with Gasteiger partial charge in [-0.2, -0.15) is 4.58 Å². The zero-order valence-electron chi connectivity index (χ0n) is 31.1. The fourth-order valence-corrected chi connectivity index (χ4v) is 7.72. The molecule has 1 saturated heterocycles. The van der Waals surface area contributed by atoms with Crippen LogP contribution in [0.25, 0.3) is 0 Å². The van der Waals surface area contributed by atoms with Gasteiger partial charge in [-0.15, -0.1) is 5.06 Å². The molecule has 0 bridgehead atoms. The normalized spacial score (nSPS) is 20.6. The number of unbranched alkanes of at least 4 members (excludes halogenated alkanes) is 2. The number of para-hydroxylation sites is 2. The second-order valence-electron chi connectivity index (χ2n) is 14.9. The van der Waals surface area contributed by atoms with E-state index < -0.39 is 25.0 Å². The maximum atomic E-state index is 12.3. The van der Waals surface area contributed by atoms with Crippen LogP contribution in [0.2, 0.25) is 0 Å². The summed E-state index contributed by atoms with van der Waals surface area (Å²) in [6.07, 6.45) is 17.7. The molecule has 1 fully saturated rings. The van der Waals surface area contributed by atoms with Gasteiger partial charge in [-0.25, -0.2) is 4.79 Å². The smallest absolute Gasteiger partial charge is 0.418 e. The van der Waals surface area contributed by atoms with Crippen LogP contribution in [0.1, 0.15) is 96.6 Å². The number of hydroxylamine groups is 2. The molecule has 0 saturated carbocycles. The average molecular weight is 734 g/mol. The number of hydrogen-bond acceptors (Lipinski definition) is 5.